The van der Waals surface area contributed by atoms with E-state index in [0.29, 0.717) is 40.3 Å². The highest BCUT2D eigenvalue weighted by atomic mass is 19.1. The van der Waals surface area contributed by atoms with Crippen LogP contribution in [0.4, 0.5) is 4.39 Å². The monoisotopic (exact) mass is 484 g/mol. The number of methoxy groups -OCH3 is 1. The number of nitrogens with zero attached hydrogens (tertiary/aromatic N) is 2. The number of carbonyl (C=O) groups is 1. The zero-order chi connectivity index (χ0) is 25.5. The second-order valence-corrected chi connectivity index (χ2v) is 8.07. The van der Waals surface area contributed by atoms with Crippen LogP contribution in [0.1, 0.15) is 22.4 Å². The first-order valence-corrected chi connectivity index (χ1v) is 11.3. The maximum absolute atomic E-state index is 13.7. The molecule has 0 unspecified atom stereocenters. The Labute approximate surface area is 208 Å². The number of rotatable bonds is 8. The van der Waals surface area contributed by atoms with Gasteiger partial charge in [0.1, 0.15) is 24.7 Å². The average molecular weight is 485 g/mol. The van der Waals surface area contributed by atoms with Crippen molar-refractivity contribution in [3.63, 3.8) is 0 Å². The second kappa shape index (κ2) is 11.3. The lowest BCUT2D eigenvalue weighted by molar-refractivity contribution is -0.141. The molecule has 0 bridgehead atoms. The Kier molecular flexibility index (Phi) is 7.70. The van der Waals surface area contributed by atoms with Crippen LogP contribution in [0.2, 0.25) is 0 Å². The fourth-order valence-electron chi connectivity index (χ4n) is 3.83. The summed E-state index contributed by atoms with van der Waals surface area (Å²) in [5.41, 5.74) is 3.17. The predicted octanol–water partition coefficient (Wildman–Crippen LogP) is 5.28. The normalized spacial score (nSPS) is 11.0. The Bertz CT molecular complexity index is 1460. The molecule has 3 aromatic carbocycles. The number of benzene rings is 3. The van der Waals surface area contributed by atoms with Crippen molar-refractivity contribution in [2.75, 3.05) is 7.11 Å². The fraction of sp³-hybridized carbons (Fsp3) is 0.138. The van der Waals surface area contributed by atoms with Gasteiger partial charge >= 0.3 is 5.97 Å². The van der Waals surface area contributed by atoms with Gasteiger partial charge in [-0.3, -0.25) is 9.59 Å². The summed E-state index contributed by atoms with van der Waals surface area (Å²) >= 11 is 0. The molecule has 0 aliphatic rings. The molecular formula is C29H25FN2O4. The minimum absolute atomic E-state index is 0.298. The highest BCUT2D eigenvalue weighted by molar-refractivity contribution is 5.84. The minimum atomic E-state index is -0.594. The van der Waals surface area contributed by atoms with Crippen molar-refractivity contribution >= 4 is 18.1 Å². The Hall–Kier alpha value is -4.52. The fourth-order valence-corrected chi connectivity index (χ4v) is 3.83. The summed E-state index contributed by atoms with van der Waals surface area (Å²) in [5.74, 6) is -0.397. The maximum Gasteiger partial charge on any atom is 0.327 e. The molecule has 7 heteroatoms. The first-order chi connectivity index (χ1) is 17.5. The van der Waals surface area contributed by atoms with E-state index in [4.69, 9.17) is 9.47 Å². The van der Waals surface area contributed by atoms with E-state index in [0.717, 1.165) is 10.2 Å². The third kappa shape index (κ3) is 5.75. The number of ether oxygens (including phenoxy) is 2. The molecule has 0 fully saturated rings. The van der Waals surface area contributed by atoms with Gasteiger partial charge in [0.15, 0.2) is 0 Å². The second-order valence-electron chi connectivity index (χ2n) is 8.07. The summed E-state index contributed by atoms with van der Waals surface area (Å²) in [4.78, 5) is 25.4. The summed E-state index contributed by atoms with van der Waals surface area (Å²) in [6.07, 6.45) is 3.27. The number of halogens is 1. The number of aromatic nitrogens is 2. The molecular weight excluding hydrogens is 459 g/mol. The summed E-state index contributed by atoms with van der Waals surface area (Å²) in [6, 6.07) is 23.2. The van der Waals surface area contributed by atoms with E-state index in [1.807, 2.05) is 54.6 Å². The SMILES string of the molecule is COC(=O)Cn1nc(C)c(-c2ccccc2OCc2ccccc2)c(C=Cc2cccc(F)c2)c1=O. The summed E-state index contributed by atoms with van der Waals surface area (Å²) in [5, 5.41) is 4.38. The molecule has 0 amide bonds. The summed E-state index contributed by atoms with van der Waals surface area (Å²) < 4.78 is 25.7. The van der Waals surface area contributed by atoms with Gasteiger partial charge in [-0.2, -0.15) is 5.10 Å². The van der Waals surface area contributed by atoms with E-state index in [-0.39, 0.29) is 12.4 Å². The van der Waals surface area contributed by atoms with E-state index in [1.54, 1.807) is 31.2 Å². The highest BCUT2D eigenvalue weighted by Gasteiger charge is 2.19. The molecule has 0 atom stereocenters. The highest BCUT2D eigenvalue weighted by Crippen LogP contribution is 2.34. The lowest BCUT2D eigenvalue weighted by Gasteiger charge is -2.16. The van der Waals surface area contributed by atoms with E-state index in [1.165, 1.54) is 19.2 Å². The van der Waals surface area contributed by atoms with Gasteiger partial charge in [0.25, 0.3) is 5.56 Å². The van der Waals surface area contributed by atoms with E-state index < -0.39 is 11.5 Å². The number of esters is 1. The van der Waals surface area contributed by atoms with Gasteiger partial charge in [-0.15, -0.1) is 0 Å². The zero-order valence-corrected chi connectivity index (χ0v) is 20.0. The van der Waals surface area contributed by atoms with Gasteiger partial charge in [0.05, 0.1) is 18.4 Å². The lowest BCUT2D eigenvalue weighted by atomic mass is 9.97. The van der Waals surface area contributed by atoms with Crippen LogP contribution in [-0.2, 0) is 22.7 Å². The molecule has 0 radical (unpaired) electrons. The predicted molar refractivity (Wildman–Crippen MR) is 137 cm³/mol. The topological polar surface area (TPSA) is 70.4 Å². The largest absolute Gasteiger partial charge is 0.488 e. The Balaban J connectivity index is 1.83. The van der Waals surface area contributed by atoms with Crippen molar-refractivity contribution in [3.05, 3.63) is 117 Å². The van der Waals surface area contributed by atoms with Gasteiger partial charge in [-0.1, -0.05) is 66.7 Å². The zero-order valence-electron chi connectivity index (χ0n) is 20.0. The van der Waals surface area contributed by atoms with Crippen molar-refractivity contribution in [2.24, 2.45) is 0 Å². The van der Waals surface area contributed by atoms with Crippen molar-refractivity contribution in [1.29, 1.82) is 0 Å². The van der Waals surface area contributed by atoms with Crippen LogP contribution in [0.15, 0.2) is 83.7 Å². The molecule has 0 spiro atoms. The number of aryl methyl sites for hydroxylation is 1. The van der Waals surface area contributed by atoms with Crippen molar-refractivity contribution in [2.45, 2.75) is 20.1 Å². The Morgan fingerprint density at radius 3 is 2.50 bits per heavy atom. The van der Waals surface area contributed by atoms with Crippen LogP contribution in [0.3, 0.4) is 0 Å². The molecule has 4 aromatic rings. The molecule has 36 heavy (non-hydrogen) atoms. The Morgan fingerprint density at radius 1 is 1.00 bits per heavy atom. The molecule has 0 saturated heterocycles. The van der Waals surface area contributed by atoms with E-state index in [2.05, 4.69) is 5.10 Å². The van der Waals surface area contributed by atoms with Gasteiger partial charge in [-0.25, -0.2) is 9.07 Å². The van der Waals surface area contributed by atoms with Crippen LogP contribution >= 0.6 is 0 Å². The van der Waals surface area contributed by atoms with Gasteiger partial charge < -0.3 is 9.47 Å². The number of para-hydroxylation sites is 1. The average Bonchev–Trinajstić information content (AvgIpc) is 2.89. The van der Waals surface area contributed by atoms with E-state index in [9.17, 15) is 14.0 Å². The Morgan fingerprint density at radius 2 is 1.75 bits per heavy atom. The molecule has 182 valence electrons. The van der Waals surface area contributed by atoms with Crippen LogP contribution in [0, 0.1) is 12.7 Å². The van der Waals surface area contributed by atoms with Crippen molar-refractivity contribution in [1.82, 2.24) is 9.78 Å². The third-order valence-electron chi connectivity index (χ3n) is 5.56. The smallest absolute Gasteiger partial charge is 0.327 e. The van der Waals surface area contributed by atoms with E-state index >= 15 is 0 Å². The van der Waals surface area contributed by atoms with Crippen LogP contribution in [0.5, 0.6) is 5.75 Å². The quantitative estimate of drug-likeness (QED) is 0.318. The van der Waals surface area contributed by atoms with Crippen molar-refractivity contribution in [3.8, 4) is 16.9 Å². The molecule has 0 aliphatic carbocycles. The van der Waals surface area contributed by atoms with Crippen LogP contribution < -0.4 is 10.3 Å². The molecule has 1 aromatic heterocycles. The van der Waals surface area contributed by atoms with Gasteiger partial charge in [0, 0.05) is 11.1 Å². The van der Waals surface area contributed by atoms with Gasteiger partial charge in [0.2, 0.25) is 0 Å². The molecule has 1 heterocycles. The first-order valence-electron chi connectivity index (χ1n) is 11.3. The maximum atomic E-state index is 13.7. The molecule has 6 nitrogen and oxygen atoms in total. The van der Waals surface area contributed by atoms with Crippen LogP contribution in [-0.4, -0.2) is 22.9 Å². The van der Waals surface area contributed by atoms with Gasteiger partial charge in [-0.05, 0) is 42.3 Å². The summed E-state index contributed by atoms with van der Waals surface area (Å²) in [6.45, 7) is 1.78. The van der Waals surface area contributed by atoms with Crippen LogP contribution in [0.25, 0.3) is 23.3 Å². The number of hydrogen-bond donors (Lipinski definition) is 0. The molecule has 0 N–H and O–H groups in total. The number of carbonyl (C=O) groups excluding carboxylic acids is 1. The van der Waals surface area contributed by atoms with Crippen molar-refractivity contribution < 1.29 is 18.7 Å². The number of hydrogen-bond acceptors (Lipinski definition) is 5. The minimum Gasteiger partial charge on any atom is -0.488 e. The standard InChI is InChI=1S/C29H25FN2O4/c1-20-28(24-13-6-7-14-26(24)36-19-22-9-4-3-5-10-22)25(16-15-21-11-8-12-23(30)17-21)29(34)32(31-20)18-27(33)35-2/h3-17H,18-19H2,1-2H3. The molecule has 0 saturated carbocycles. The molecule has 0 aliphatic heterocycles. The summed E-state index contributed by atoms with van der Waals surface area (Å²) in [7, 11) is 1.25. The lowest BCUT2D eigenvalue weighted by Crippen LogP contribution is -2.30. The third-order valence-corrected chi connectivity index (χ3v) is 5.56. The first kappa shape index (κ1) is 24.6. The molecule has 4 rings (SSSR count).